The molecule has 0 aromatic carbocycles. The molecule has 0 atom stereocenters. The Morgan fingerprint density at radius 2 is 1.40 bits per heavy atom. The van der Waals surface area contributed by atoms with Gasteiger partial charge in [-0.1, -0.05) is 6.58 Å². The van der Waals surface area contributed by atoms with Gasteiger partial charge >= 0.3 is 0 Å². The topological polar surface area (TPSA) is 255 Å². The minimum absolute atomic E-state index is 0.0258. The van der Waals surface area contributed by atoms with Crippen molar-refractivity contribution in [3.05, 3.63) is 70.6 Å². The summed E-state index contributed by atoms with van der Waals surface area (Å²) < 4.78 is 5.69. The van der Waals surface area contributed by atoms with Crippen molar-refractivity contribution in [2.24, 2.45) is 44.7 Å². The summed E-state index contributed by atoms with van der Waals surface area (Å²) in [5.74, 6) is -2.59. The number of aliphatic imine (C=N–C) groups is 1. The number of aromatic nitrogens is 6. The monoisotopic (exact) mass is 724 g/mol. The first kappa shape index (κ1) is 34.7. The van der Waals surface area contributed by atoms with Crippen molar-refractivity contribution in [1.29, 1.82) is 0 Å². The van der Waals surface area contributed by atoms with E-state index in [1.807, 2.05) is 0 Å². The summed E-state index contributed by atoms with van der Waals surface area (Å²) in [6.45, 7) is 3.92. The number of hydrogen-bond donors (Lipinski definition) is 7. The van der Waals surface area contributed by atoms with Crippen LogP contribution in [0.15, 0.2) is 52.8 Å². The lowest BCUT2D eigenvalue weighted by atomic mass is 10.3. The van der Waals surface area contributed by atoms with Gasteiger partial charge in [0.1, 0.15) is 22.8 Å². The van der Waals surface area contributed by atoms with Crippen molar-refractivity contribution in [2.75, 3.05) is 34.4 Å². The number of nitrogens with one attached hydrogen (secondary N) is 5. The standard InChI is InChI=1S/C28H33BrN14O5/c1-14(29)23(44)38-21-10-20(42(4)39-21)26(47)37-17-11-34-43(5)22(17)27(48)36-16-9-19(41(3)13-16)25(46)35-15-8-18(40(2)12-15)24(45)32-6-7-33-28(30)31/h8-13H,1,6-7H2,2-5H3,(H,32,45)(H,35,46)(H,36,48)(H,37,47)(H4,30,31,33)(H,38,39,44). The summed E-state index contributed by atoms with van der Waals surface area (Å²) in [7, 11) is 6.32. The summed E-state index contributed by atoms with van der Waals surface area (Å²) in [4.78, 5) is 67.7. The number of nitrogens with zero attached hydrogens (tertiary/aromatic N) is 7. The molecule has 0 radical (unpaired) electrons. The summed E-state index contributed by atoms with van der Waals surface area (Å²) in [6.07, 6.45) is 4.42. The van der Waals surface area contributed by atoms with Crippen LogP contribution in [0, 0.1) is 0 Å². The van der Waals surface area contributed by atoms with Crippen molar-refractivity contribution >= 4 is 74.3 Å². The number of amides is 5. The minimum atomic E-state index is -0.616. The third kappa shape index (κ3) is 8.15. The van der Waals surface area contributed by atoms with Crippen molar-refractivity contribution in [3.63, 3.8) is 0 Å². The van der Waals surface area contributed by atoms with E-state index in [0.717, 1.165) is 0 Å². The molecular formula is C28H33BrN14O5. The quantitative estimate of drug-likeness (QED) is 0.0462. The lowest BCUT2D eigenvalue weighted by Gasteiger charge is -2.08. The largest absolute Gasteiger partial charge is 0.370 e. The Kier molecular flexibility index (Phi) is 10.5. The second-order valence-corrected chi connectivity index (χ2v) is 11.3. The van der Waals surface area contributed by atoms with E-state index in [9.17, 15) is 24.0 Å². The molecule has 5 amide bonds. The van der Waals surface area contributed by atoms with E-state index in [2.05, 4.69) is 64.3 Å². The molecule has 0 saturated heterocycles. The van der Waals surface area contributed by atoms with Crippen molar-refractivity contribution in [1.82, 2.24) is 34.0 Å². The molecule has 0 bridgehead atoms. The van der Waals surface area contributed by atoms with Crippen molar-refractivity contribution in [3.8, 4) is 0 Å². The van der Waals surface area contributed by atoms with Gasteiger partial charge in [0.25, 0.3) is 29.5 Å². The van der Waals surface area contributed by atoms with Gasteiger partial charge in [-0.25, -0.2) is 0 Å². The minimum Gasteiger partial charge on any atom is -0.370 e. The fourth-order valence-corrected chi connectivity index (χ4v) is 4.56. The van der Waals surface area contributed by atoms with Gasteiger partial charge in [-0.2, -0.15) is 10.2 Å². The Morgan fingerprint density at radius 1 is 0.812 bits per heavy atom. The van der Waals surface area contributed by atoms with Crippen LogP contribution >= 0.6 is 15.9 Å². The first-order valence-corrected chi connectivity index (χ1v) is 14.8. The second-order valence-electron chi connectivity index (χ2n) is 10.3. The number of guanidine groups is 1. The molecule has 9 N–H and O–H groups in total. The van der Waals surface area contributed by atoms with Crippen LogP contribution in [-0.2, 0) is 33.0 Å². The summed E-state index contributed by atoms with van der Waals surface area (Å²) in [6, 6.07) is 4.34. The molecule has 252 valence electrons. The van der Waals surface area contributed by atoms with Crippen LogP contribution in [0.4, 0.5) is 22.9 Å². The normalized spacial score (nSPS) is 10.6. The highest BCUT2D eigenvalue weighted by atomic mass is 79.9. The highest BCUT2D eigenvalue weighted by molar-refractivity contribution is 9.12. The molecule has 4 aromatic rings. The van der Waals surface area contributed by atoms with Crippen molar-refractivity contribution < 1.29 is 24.0 Å². The van der Waals surface area contributed by atoms with Gasteiger partial charge in [-0.3, -0.25) is 38.3 Å². The van der Waals surface area contributed by atoms with E-state index in [-0.39, 0.29) is 58.0 Å². The van der Waals surface area contributed by atoms with Gasteiger partial charge in [0.15, 0.2) is 11.8 Å². The predicted molar refractivity (Wildman–Crippen MR) is 181 cm³/mol. The molecule has 4 heterocycles. The number of rotatable bonds is 12. The van der Waals surface area contributed by atoms with Crippen LogP contribution in [0.25, 0.3) is 0 Å². The smallest absolute Gasteiger partial charge is 0.276 e. The molecule has 0 spiro atoms. The van der Waals surface area contributed by atoms with Crippen LogP contribution in [-0.4, -0.2) is 77.3 Å². The highest BCUT2D eigenvalue weighted by Gasteiger charge is 2.23. The maximum atomic E-state index is 13.3. The first-order valence-electron chi connectivity index (χ1n) is 14.0. The Hall–Kier alpha value is -6.18. The second kappa shape index (κ2) is 14.5. The van der Waals surface area contributed by atoms with E-state index in [4.69, 9.17) is 11.5 Å². The lowest BCUT2D eigenvalue weighted by molar-refractivity contribution is -0.112. The maximum absolute atomic E-state index is 13.3. The molecule has 4 rings (SSSR count). The number of anilines is 4. The number of carbonyl (C=O) groups excluding carboxylic acids is 5. The zero-order valence-corrected chi connectivity index (χ0v) is 27.9. The molecule has 4 aromatic heterocycles. The third-order valence-electron chi connectivity index (χ3n) is 6.69. The number of carbonyl (C=O) groups is 5. The molecule has 20 heteroatoms. The van der Waals surface area contributed by atoms with E-state index in [1.165, 1.54) is 58.6 Å². The van der Waals surface area contributed by atoms with E-state index < -0.39 is 23.6 Å². The summed E-state index contributed by atoms with van der Waals surface area (Å²) in [5.41, 5.74) is 12.0. The molecule has 0 aliphatic carbocycles. The van der Waals surface area contributed by atoms with Crippen LogP contribution in [0.1, 0.15) is 42.0 Å². The van der Waals surface area contributed by atoms with E-state index in [1.54, 1.807) is 24.9 Å². The molecule has 0 fully saturated rings. The molecule has 0 aliphatic rings. The number of aryl methyl sites for hydroxylation is 4. The number of halogens is 1. The van der Waals surface area contributed by atoms with E-state index in [0.29, 0.717) is 17.1 Å². The number of hydrogen-bond acceptors (Lipinski definition) is 8. The van der Waals surface area contributed by atoms with Gasteiger partial charge in [0, 0.05) is 53.2 Å². The SMILES string of the molecule is C=C(Br)C(=O)Nc1cc(C(=O)Nc2cnn(C)c2C(=O)Nc2cc(C(=O)Nc3cc(C(=O)NCCN=C(N)N)n(C)c3)n(C)c2)n(C)n1. The Morgan fingerprint density at radius 3 is 2.00 bits per heavy atom. The molecule has 19 nitrogen and oxygen atoms in total. The third-order valence-corrected chi connectivity index (χ3v) is 7.05. The van der Waals surface area contributed by atoms with Crippen molar-refractivity contribution in [2.45, 2.75) is 0 Å². The van der Waals surface area contributed by atoms with Gasteiger partial charge in [-0.05, 0) is 28.1 Å². The zero-order chi connectivity index (χ0) is 35.3. The Bertz CT molecular complexity index is 1960. The summed E-state index contributed by atoms with van der Waals surface area (Å²) >= 11 is 2.98. The average molecular weight is 726 g/mol. The first-order chi connectivity index (χ1) is 22.6. The maximum Gasteiger partial charge on any atom is 0.276 e. The molecule has 48 heavy (non-hydrogen) atoms. The van der Waals surface area contributed by atoms with Crippen LogP contribution in [0.3, 0.4) is 0 Å². The van der Waals surface area contributed by atoms with E-state index >= 15 is 0 Å². The van der Waals surface area contributed by atoms with Gasteiger partial charge in [0.2, 0.25) is 0 Å². The fraction of sp³-hybridized carbons (Fsp3) is 0.214. The molecule has 0 unspecified atom stereocenters. The fourth-order valence-electron chi connectivity index (χ4n) is 4.46. The highest BCUT2D eigenvalue weighted by Crippen LogP contribution is 2.21. The Balaban J connectivity index is 1.42. The van der Waals surface area contributed by atoms with Crippen LogP contribution in [0.2, 0.25) is 0 Å². The molecular weight excluding hydrogens is 692 g/mol. The predicted octanol–water partition coefficient (Wildman–Crippen LogP) is 0.438. The van der Waals surface area contributed by atoms with Gasteiger partial charge < -0.3 is 47.2 Å². The van der Waals surface area contributed by atoms with Gasteiger partial charge in [0.05, 0.1) is 34.3 Å². The molecule has 0 saturated carbocycles. The number of nitrogens with two attached hydrogens (primary N) is 2. The van der Waals surface area contributed by atoms with Crippen LogP contribution in [0.5, 0.6) is 0 Å². The Labute approximate surface area is 281 Å². The molecule has 0 aliphatic heterocycles. The van der Waals surface area contributed by atoms with Gasteiger partial charge in [-0.15, -0.1) is 0 Å². The zero-order valence-electron chi connectivity index (χ0n) is 26.3. The van der Waals surface area contributed by atoms with Crippen LogP contribution < -0.4 is 38.1 Å². The average Bonchev–Trinajstić information content (AvgIpc) is 3.76. The lowest BCUT2D eigenvalue weighted by Crippen LogP contribution is -2.29. The summed E-state index contributed by atoms with van der Waals surface area (Å²) in [5, 5.41) is 21.5.